The van der Waals surface area contributed by atoms with Crippen molar-refractivity contribution in [2.75, 3.05) is 5.32 Å². The molecule has 2 heterocycles. The zero-order valence-corrected chi connectivity index (χ0v) is 9.85. The van der Waals surface area contributed by atoms with E-state index in [9.17, 15) is 4.79 Å². The molecule has 0 saturated heterocycles. The van der Waals surface area contributed by atoms with E-state index in [2.05, 4.69) is 26.2 Å². The minimum atomic E-state index is 0. The van der Waals surface area contributed by atoms with Gasteiger partial charge in [0.25, 0.3) is 0 Å². The first kappa shape index (κ1) is 10.7. The van der Waals surface area contributed by atoms with Crippen LogP contribution in [-0.2, 0) is 11.2 Å². The second kappa shape index (κ2) is 4.19. The molecule has 0 atom stereocenters. The summed E-state index contributed by atoms with van der Waals surface area (Å²) in [5.41, 5.74) is 1.10. The van der Waals surface area contributed by atoms with Gasteiger partial charge in [0.15, 0.2) is 0 Å². The number of nitrogens with zero attached hydrogens (tertiary/aromatic N) is 1. The van der Waals surface area contributed by atoms with Gasteiger partial charge in [-0.2, -0.15) is 0 Å². The fourth-order valence-corrected chi connectivity index (χ4v) is 1.61. The van der Waals surface area contributed by atoms with E-state index in [1.807, 2.05) is 6.07 Å². The van der Waals surface area contributed by atoms with Crippen molar-refractivity contribution in [1.29, 1.82) is 0 Å². The van der Waals surface area contributed by atoms with Crippen molar-refractivity contribution < 1.29 is 21.8 Å². The predicted molar refractivity (Wildman–Crippen MR) is 48.9 cm³/mol. The number of rotatable bonds is 0. The van der Waals surface area contributed by atoms with Gasteiger partial charge in [0.1, 0.15) is 5.82 Å². The summed E-state index contributed by atoms with van der Waals surface area (Å²) in [5.74, 6) is 0.756. The Labute approximate surface area is 94.8 Å². The van der Waals surface area contributed by atoms with Crippen molar-refractivity contribution in [3.63, 3.8) is 0 Å². The largest absolute Gasteiger partial charge is 1.00 e. The highest BCUT2D eigenvalue weighted by atomic mass is 79.9. The minimum Gasteiger partial charge on any atom is -1.00 e. The van der Waals surface area contributed by atoms with Crippen molar-refractivity contribution in [1.82, 2.24) is 4.98 Å². The SMILES string of the molecule is O=C1CCc2cc(Br)cnc2N1.[Br-]. The van der Waals surface area contributed by atoms with Gasteiger partial charge >= 0.3 is 0 Å². The van der Waals surface area contributed by atoms with E-state index < -0.39 is 0 Å². The molecule has 13 heavy (non-hydrogen) atoms. The molecule has 0 spiro atoms. The van der Waals surface area contributed by atoms with Crippen LogP contribution in [0.15, 0.2) is 16.7 Å². The summed E-state index contributed by atoms with van der Waals surface area (Å²) in [6.45, 7) is 0. The van der Waals surface area contributed by atoms with E-state index in [0.717, 1.165) is 16.5 Å². The Kier molecular flexibility index (Phi) is 3.44. The maximum absolute atomic E-state index is 10.9. The number of anilines is 1. The van der Waals surface area contributed by atoms with Gasteiger partial charge < -0.3 is 22.3 Å². The lowest BCUT2D eigenvalue weighted by molar-refractivity contribution is -0.116. The third-order valence-corrected chi connectivity index (χ3v) is 2.25. The third kappa shape index (κ3) is 2.28. The van der Waals surface area contributed by atoms with E-state index in [0.29, 0.717) is 12.2 Å². The molecule has 0 unspecified atom stereocenters. The Balaban J connectivity index is 0.000000845. The Morgan fingerprint density at radius 1 is 1.46 bits per heavy atom. The molecule has 0 bridgehead atoms. The summed E-state index contributed by atoms with van der Waals surface area (Å²) in [4.78, 5) is 15.0. The number of pyridine rings is 1. The number of nitrogens with one attached hydrogen (secondary N) is 1. The van der Waals surface area contributed by atoms with Crippen molar-refractivity contribution in [3.8, 4) is 0 Å². The van der Waals surface area contributed by atoms with Crippen LogP contribution < -0.4 is 22.3 Å². The smallest absolute Gasteiger partial charge is 0.225 e. The molecule has 1 amide bonds. The summed E-state index contributed by atoms with van der Waals surface area (Å²) in [6, 6.07) is 1.99. The average molecular weight is 307 g/mol. The maximum atomic E-state index is 10.9. The quantitative estimate of drug-likeness (QED) is 0.650. The molecule has 5 heteroatoms. The Morgan fingerprint density at radius 2 is 2.23 bits per heavy atom. The highest BCUT2D eigenvalue weighted by Gasteiger charge is 2.15. The lowest BCUT2D eigenvalue weighted by atomic mass is 10.1. The molecule has 3 nitrogen and oxygen atoms in total. The first-order chi connectivity index (χ1) is 5.75. The van der Waals surface area contributed by atoms with Gasteiger partial charge in [0.05, 0.1) is 0 Å². The van der Waals surface area contributed by atoms with Gasteiger partial charge in [0.2, 0.25) is 5.91 Å². The molecule has 0 aromatic carbocycles. The lowest BCUT2D eigenvalue weighted by Gasteiger charge is -2.14. The number of hydrogen-bond donors (Lipinski definition) is 1. The number of carbonyl (C=O) groups is 1. The minimum absolute atomic E-state index is 0. The van der Waals surface area contributed by atoms with E-state index >= 15 is 0 Å². The standard InChI is InChI=1S/C8H7BrN2O.BrH/c9-6-3-5-1-2-7(12)11-8(5)10-4-6;/h3-4H,1-2H2,(H,10,11,12);1H/p-1. The van der Waals surface area contributed by atoms with E-state index in [-0.39, 0.29) is 22.9 Å². The molecule has 2 rings (SSSR count). The lowest BCUT2D eigenvalue weighted by Crippen LogP contribution is -3.00. The van der Waals surface area contributed by atoms with Gasteiger partial charge in [-0.05, 0) is 34.0 Å². The van der Waals surface area contributed by atoms with Gasteiger partial charge in [-0.1, -0.05) is 0 Å². The number of halogens is 2. The van der Waals surface area contributed by atoms with Crippen molar-refractivity contribution in [3.05, 3.63) is 22.3 Å². The maximum Gasteiger partial charge on any atom is 0.225 e. The zero-order valence-electron chi connectivity index (χ0n) is 6.68. The Hall–Kier alpha value is -0.420. The third-order valence-electron chi connectivity index (χ3n) is 1.81. The molecule has 1 aliphatic rings. The number of aryl methyl sites for hydroxylation is 1. The molecule has 1 N–H and O–H groups in total. The van der Waals surface area contributed by atoms with Gasteiger partial charge in [0, 0.05) is 17.1 Å². The molecule has 70 valence electrons. The second-order valence-electron chi connectivity index (χ2n) is 2.71. The van der Waals surface area contributed by atoms with Crippen molar-refractivity contribution in [2.24, 2.45) is 0 Å². The van der Waals surface area contributed by atoms with E-state index in [1.165, 1.54) is 0 Å². The fourth-order valence-electron chi connectivity index (χ4n) is 1.23. The number of carbonyl (C=O) groups excluding carboxylic acids is 1. The number of fused-ring (bicyclic) bond motifs is 1. The van der Waals surface area contributed by atoms with Gasteiger partial charge in [-0.25, -0.2) is 4.98 Å². The van der Waals surface area contributed by atoms with Crippen molar-refractivity contribution >= 4 is 27.7 Å². The molecule has 0 aliphatic carbocycles. The first-order valence-electron chi connectivity index (χ1n) is 3.70. The molecule has 0 saturated carbocycles. The van der Waals surface area contributed by atoms with Gasteiger partial charge in [-0.15, -0.1) is 0 Å². The fraction of sp³-hybridized carbons (Fsp3) is 0.250. The van der Waals surface area contributed by atoms with Crippen LogP contribution in [0, 0.1) is 0 Å². The number of amides is 1. The topological polar surface area (TPSA) is 42.0 Å². The van der Waals surface area contributed by atoms with Crippen LogP contribution in [0.3, 0.4) is 0 Å². The Morgan fingerprint density at radius 3 is 3.00 bits per heavy atom. The predicted octanol–water partition coefficient (Wildman–Crippen LogP) is -1.27. The van der Waals surface area contributed by atoms with Crippen molar-refractivity contribution in [2.45, 2.75) is 12.8 Å². The van der Waals surface area contributed by atoms with Gasteiger partial charge in [-0.3, -0.25) is 4.79 Å². The number of hydrogen-bond acceptors (Lipinski definition) is 2. The highest BCUT2D eigenvalue weighted by molar-refractivity contribution is 9.10. The summed E-state index contributed by atoms with van der Waals surface area (Å²) < 4.78 is 0.956. The summed E-state index contributed by atoms with van der Waals surface area (Å²) in [7, 11) is 0. The monoisotopic (exact) mass is 305 g/mol. The highest BCUT2D eigenvalue weighted by Crippen LogP contribution is 2.22. The zero-order chi connectivity index (χ0) is 8.55. The molecular weight excluding hydrogens is 300 g/mol. The van der Waals surface area contributed by atoms with E-state index in [1.54, 1.807) is 6.20 Å². The van der Waals surface area contributed by atoms with Crippen LogP contribution in [0.2, 0.25) is 0 Å². The molecule has 0 fully saturated rings. The summed E-state index contributed by atoms with van der Waals surface area (Å²) in [6.07, 6.45) is 3.03. The Bertz CT molecular complexity index is 341. The summed E-state index contributed by atoms with van der Waals surface area (Å²) in [5, 5.41) is 2.72. The average Bonchev–Trinajstić information content (AvgIpc) is 2.05. The normalized spacial score (nSPS) is 14.1. The van der Waals surface area contributed by atoms with Crippen LogP contribution in [0.1, 0.15) is 12.0 Å². The van der Waals surface area contributed by atoms with Crippen LogP contribution in [0.25, 0.3) is 0 Å². The second-order valence-corrected chi connectivity index (χ2v) is 3.63. The number of aromatic nitrogens is 1. The van der Waals surface area contributed by atoms with Crippen LogP contribution >= 0.6 is 15.9 Å². The van der Waals surface area contributed by atoms with Crippen LogP contribution in [0.5, 0.6) is 0 Å². The molecule has 1 aliphatic heterocycles. The first-order valence-corrected chi connectivity index (χ1v) is 4.49. The molecule has 0 radical (unpaired) electrons. The molecular formula is C8H7Br2N2O-. The molecule has 1 aromatic heterocycles. The van der Waals surface area contributed by atoms with Crippen LogP contribution in [-0.4, -0.2) is 10.9 Å². The van der Waals surface area contributed by atoms with E-state index in [4.69, 9.17) is 0 Å². The van der Waals surface area contributed by atoms with Crippen LogP contribution in [0.4, 0.5) is 5.82 Å². The summed E-state index contributed by atoms with van der Waals surface area (Å²) >= 11 is 3.33. The molecule has 1 aromatic rings.